The zero-order valence-electron chi connectivity index (χ0n) is 15.5. The molecule has 12 nitrogen and oxygen atoms in total. The number of nitrogens with two attached hydrogens (primary N) is 1. The standard InChI is InChI=1S/C16H26N4O8/c1-8(17)13(24)18-9(4-5-12(22)23)15(26)20-6-2-3-11(20)14(25)19-10(7-21)16(27)28/h8-11,21H,2-7,17H2,1H3,(H,18,24)(H,19,25)(H,22,23)(H,27,28). The molecule has 7 N–H and O–H groups in total. The summed E-state index contributed by atoms with van der Waals surface area (Å²) in [7, 11) is 0. The van der Waals surface area contributed by atoms with Crippen molar-refractivity contribution < 1.29 is 39.3 Å². The van der Waals surface area contributed by atoms with Gasteiger partial charge in [0.2, 0.25) is 17.7 Å². The molecule has 1 aliphatic rings. The second-order valence-corrected chi connectivity index (χ2v) is 6.55. The number of hydrogen-bond acceptors (Lipinski definition) is 7. The van der Waals surface area contributed by atoms with E-state index in [9.17, 15) is 24.0 Å². The molecule has 0 aromatic heterocycles. The zero-order valence-corrected chi connectivity index (χ0v) is 15.5. The molecule has 4 atom stereocenters. The molecule has 3 amide bonds. The normalized spacial score (nSPS) is 19.4. The molecule has 1 aliphatic heterocycles. The van der Waals surface area contributed by atoms with E-state index in [0.717, 1.165) is 0 Å². The minimum Gasteiger partial charge on any atom is -0.481 e. The molecule has 0 saturated carbocycles. The van der Waals surface area contributed by atoms with Gasteiger partial charge in [-0.1, -0.05) is 0 Å². The fraction of sp³-hybridized carbons (Fsp3) is 0.688. The third kappa shape index (κ3) is 6.46. The minimum atomic E-state index is -1.51. The molecule has 28 heavy (non-hydrogen) atoms. The van der Waals surface area contributed by atoms with Crippen molar-refractivity contribution >= 4 is 29.7 Å². The maximum Gasteiger partial charge on any atom is 0.328 e. The van der Waals surface area contributed by atoms with Gasteiger partial charge in [0.25, 0.3) is 0 Å². The highest BCUT2D eigenvalue weighted by atomic mass is 16.4. The fourth-order valence-corrected chi connectivity index (χ4v) is 2.78. The predicted molar refractivity (Wildman–Crippen MR) is 93.8 cm³/mol. The van der Waals surface area contributed by atoms with Gasteiger partial charge in [-0.25, -0.2) is 4.79 Å². The summed E-state index contributed by atoms with van der Waals surface area (Å²) in [5, 5.41) is 31.4. The molecule has 1 rings (SSSR count). The Morgan fingerprint density at radius 2 is 1.79 bits per heavy atom. The second kappa shape index (κ2) is 10.6. The molecule has 0 bridgehead atoms. The van der Waals surface area contributed by atoms with Crippen LogP contribution >= 0.6 is 0 Å². The Kier molecular flexibility index (Phi) is 8.79. The number of nitrogens with zero attached hydrogens (tertiary/aromatic N) is 1. The van der Waals surface area contributed by atoms with Gasteiger partial charge in [-0.15, -0.1) is 0 Å². The first-order valence-corrected chi connectivity index (χ1v) is 8.80. The Hall–Kier alpha value is -2.73. The molecule has 158 valence electrons. The molecule has 12 heteroatoms. The Labute approximate surface area is 161 Å². The number of amides is 3. The van der Waals surface area contributed by atoms with E-state index in [2.05, 4.69) is 10.6 Å². The summed E-state index contributed by atoms with van der Waals surface area (Å²) in [6.45, 7) is 0.778. The molecule has 0 aliphatic carbocycles. The van der Waals surface area contributed by atoms with E-state index < -0.39 is 60.4 Å². The average Bonchev–Trinajstić information content (AvgIpc) is 3.11. The van der Waals surface area contributed by atoms with Crippen LogP contribution in [0.2, 0.25) is 0 Å². The highest BCUT2D eigenvalue weighted by molar-refractivity contribution is 5.94. The third-order valence-electron chi connectivity index (χ3n) is 4.31. The SMILES string of the molecule is CC(N)C(=O)NC(CCC(=O)O)C(=O)N1CCCC1C(=O)NC(CO)C(=O)O. The summed E-state index contributed by atoms with van der Waals surface area (Å²) in [6.07, 6.45) is 0.160. The smallest absolute Gasteiger partial charge is 0.328 e. The van der Waals surface area contributed by atoms with Crippen LogP contribution in [-0.4, -0.2) is 87.2 Å². The molecule has 1 heterocycles. The lowest BCUT2D eigenvalue weighted by Gasteiger charge is -2.29. The second-order valence-electron chi connectivity index (χ2n) is 6.55. The zero-order chi connectivity index (χ0) is 21.4. The van der Waals surface area contributed by atoms with Crippen molar-refractivity contribution in [3.05, 3.63) is 0 Å². The summed E-state index contributed by atoms with van der Waals surface area (Å²) in [5.74, 6) is -4.62. The quantitative estimate of drug-likeness (QED) is 0.224. The first-order valence-electron chi connectivity index (χ1n) is 8.80. The number of rotatable bonds is 10. The lowest BCUT2D eigenvalue weighted by Crippen LogP contribution is -2.57. The van der Waals surface area contributed by atoms with Crippen LogP contribution in [0.1, 0.15) is 32.6 Å². The number of carbonyl (C=O) groups excluding carboxylic acids is 3. The topological polar surface area (TPSA) is 199 Å². The number of likely N-dealkylation sites (tertiary alicyclic amines) is 1. The highest BCUT2D eigenvalue weighted by Crippen LogP contribution is 2.20. The molecule has 1 saturated heterocycles. The lowest BCUT2D eigenvalue weighted by molar-refractivity contribution is -0.145. The van der Waals surface area contributed by atoms with Crippen LogP contribution in [0, 0.1) is 0 Å². The van der Waals surface area contributed by atoms with Gasteiger partial charge in [0, 0.05) is 13.0 Å². The van der Waals surface area contributed by atoms with Crippen LogP contribution in [0.4, 0.5) is 0 Å². The van der Waals surface area contributed by atoms with Crippen LogP contribution in [0.3, 0.4) is 0 Å². The van der Waals surface area contributed by atoms with Gasteiger partial charge < -0.3 is 36.6 Å². The van der Waals surface area contributed by atoms with Crippen molar-refractivity contribution in [1.82, 2.24) is 15.5 Å². The number of carboxylic acid groups (broad SMARTS) is 2. The first kappa shape index (κ1) is 23.3. The summed E-state index contributed by atoms with van der Waals surface area (Å²) >= 11 is 0. The van der Waals surface area contributed by atoms with Gasteiger partial charge in [-0.05, 0) is 26.2 Å². The van der Waals surface area contributed by atoms with E-state index in [4.69, 9.17) is 21.1 Å². The largest absolute Gasteiger partial charge is 0.481 e. The van der Waals surface area contributed by atoms with Crippen LogP contribution in [0.15, 0.2) is 0 Å². The molecular weight excluding hydrogens is 376 g/mol. The number of hydrogen-bond donors (Lipinski definition) is 6. The van der Waals surface area contributed by atoms with Gasteiger partial charge in [0.1, 0.15) is 18.1 Å². The monoisotopic (exact) mass is 402 g/mol. The molecular formula is C16H26N4O8. The van der Waals surface area contributed by atoms with E-state index >= 15 is 0 Å². The van der Waals surface area contributed by atoms with Crippen LogP contribution in [-0.2, 0) is 24.0 Å². The third-order valence-corrected chi connectivity index (χ3v) is 4.31. The van der Waals surface area contributed by atoms with Gasteiger partial charge in [-0.3, -0.25) is 19.2 Å². The maximum absolute atomic E-state index is 12.9. The molecule has 0 radical (unpaired) electrons. The van der Waals surface area contributed by atoms with Gasteiger partial charge in [-0.2, -0.15) is 0 Å². The van der Waals surface area contributed by atoms with E-state index in [0.29, 0.717) is 6.42 Å². The van der Waals surface area contributed by atoms with Crippen LogP contribution < -0.4 is 16.4 Å². The van der Waals surface area contributed by atoms with Crippen molar-refractivity contribution in [2.24, 2.45) is 5.73 Å². The van der Waals surface area contributed by atoms with Crippen molar-refractivity contribution in [3.63, 3.8) is 0 Å². The molecule has 0 aromatic rings. The number of carbonyl (C=O) groups is 5. The number of aliphatic hydroxyl groups is 1. The number of aliphatic hydroxyl groups excluding tert-OH is 1. The molecule has 0 aromatic carbocycles. The van der Waals surface area contributed by atoms with E-state index in [1.165, 1.54) is 11.8 Å². The predicted octanol–water partition coefficient (Wildman–Crippen LogP) is -2.76. The minimum absolute atomic E-state index is 0.186. The summed E-state index contributed by atoms with van der Waals surface area (Å²) < 4.78 is 0. The van der Waals surface area contributed by atoms with Crippen molar-refractivity contribution in [1.29, 1.82) is 0 Å². The maximum atomic E-state index is 12.9. The summed E-state index contributed by atoms with van der Waals surface area (Å²) in [5.41, 5.74) is 5.47. The van der Waals surface area contributed by atoms with Crippen molar-refractivity contribution in [2.75, 3.05) is 13.2 Å². The number of carboxylic acids is 2. The number of nitrogens with one attached hydrogen (secondary N) is 2. The van der Waals surface area contributed by atoms with Crippen LogP contribution in [0.5, 0.6) is 0 Å². The van der Waals surface area contributed by atoms with Crippen molar-refractivity contribution in [3.8, 4) is 0 Å². The summed E-state index contributed by atoms with van der Waals surface area (Å²) in [4.78, 5) is 60.1. The van der Waals surface area contributed by atoms with E-state index in [-0.39, 0.29) is 25.8 Å². The first-order chi connectivity index (χ1) is 13.1. The van der Waals surface area contributed by atoms with E-state index in [1.807, 2.05) is 0 Å². The fourth-order valence-electron chi connectivity index (χ4n) is 2.78. The molecule has 4 unspecified atom stereocenters. The Balaban J connectivity index is 2.92. The Bertz CT molecular complexity index is 624. The average molecular weight is 402 g/mol. The van der Waals surface area contributed by atoms with E-state index in [1.54, 1.807) is 0 Å². The van der Waals surface area contributed by atoms with Gasteiger partial charge in [0.15, 0.2) is 0 Å². The molecule has 1 fully saturated rings. The lowest BCUT2D eigenvalue weighted by atomic mass is 10.1. The molecule has 0 spiro atoms. The van der Waals surface area contributed by atoms with Gasteiger partial charge >= 0.3 is 11.9 Å². The van der Waals surface area contributed by atoms with Gasteiger partial charge in [0.05, 0.1) is 12.6 Å². The summed E-state index contributed by atoms with van der Waals surface area (Å²) in [6, 6.07) is -4.60. The highest BCUT2D eigenvalue weighted by Gasteiger charge is 2.39. The Morgan fingerprint density at radius 3 is 2.29 bits per heavy atom. The van der Waals surface area contributed by atoms with Crippen molar-refractivity contribution in [2.45, 2.75) is 56.8 Å². The number of aliphatic carboxylic acids is 2. The Morgan fingerprint density at radius 1 is 1.14 bits per heavy atom. The van der Waals surface area contributed by atoms with Crippen LogP contribution in [0.25, 0.3) is 0 Å².